The van der Waals surface area contributed by atoms with Gasteiger partial charge < -0.3 is 0 Å². The molecule has 0 atom stereocenters. The SMILES string of the molecule is C=Cc1ccc(Sc2cnn(C)c2C=O)cc1. The van der Waals surface area contributed by atoms with E-state index in [1.165, 1.54) is 11.8 Å². The van der Waals surface area contributed by atoms with Gasteiger partial charge in [-0.2, -0.15) is 5.10 Å². The zero-order chi connectivity index (χ0) is 12.3. The molecule has 2 aromatic rings. The lowest BCUT2D eigenvalue weighted by molar-refractivity contribution is 0.111. The molecule has 4 heteroatoms. The van der Waals surface area contributed by atoms with Gasteiger partial charge in [0, 0.05) is 11.9 Å². The van der Waals surface area contributed by atoms with Crippen LogP contribution in [0.15, 0.2) is 46.8 Å². The molecule has 3 nitrogen and oxygen atoms in total. The number of hydrogen-bond acceptors (Lipinski definition) is 3. The smallest absolute Gasteiger partial charge is 0.169 e. The van der Waals surface area contributed by atoms with Crippen LogP contribution in [0.25, 0.3) is 6.08 Å². The summed E-state index contributed by atoms with van der Waals surface area (Å²) in [5.41, 5.74) is 1.68. The minimum absolute atomic E-state index is 0.600. The van der Waals surface area contributed by atoms with Crippen LogP contribution in [0.4, 0.5) is 0 Å². The molecular formula is C13H12N2OS. The Morgan fingerprint density at radius 3 is 2.65 bits per heavy atom. The molecule has 0 aliphatic carbocycles. The summed E-state index contributed by atoms with van der Waals surface area (Å²) in [7, 11) is 1.76. The fourth-order valence-electron chi connectivity index (χ4n) is 1.44. The number of hydrogen-bond donors (Lipinski definition) is 0. The first-order valence-corrected chi connectivity index (χ1v) is 5.94. The van der Waals surface area contributed by atoms with Gasteiger partial charge in [-0.25, -0.2) is 0 Å². The minimum atomic E-state index is 0.600. The predicted octanol–water partition coefficient (Wildman–Crippen LogP) is 3.03. The number of aromatic nitrogens is 2. The van der Waals surface area contributed by atoms with E-state index in [0.29, 0.717) is 5.69 Å². The first-order valence-electron chi connectivity index (χ1n) is 5.12. The third-order valence-corrected chi connectivity index (χ3v) is 3.45. The van der Waals surface area contributed by atoms with Crippen LogP contribution in [0.1, 0.15) is 16.1 Å². The van der Waals surface area contributed by atoms with E-state index >= 15 is 0 Å². The predicted molar refractivity (Wildman–Crippen MR) is 69.3 cm³/mol. The molecule has 0 amide bonds. The summed E-state index contributed by atoms with van der Waals surface area (Å²) in [6.07, 6.45) is 4.33. The molecule has 2 rings (SSSR count). The molecule has 0 unspecified atom stereocenters. The Labute approximate surface area is 104 Å². The van der Waals surface area contributed by atoms with Crippen molar-refractivity contribution in [1.29, 1.82) is 0 Å². The maximum atomic E-state index is 10.9. The molecular weight excluding hydrogens is 232 g/mol. The fraction of sp³-hybridized carbons (Fsp3) is 0.0769. The second-order valence-corrected chi connectivity index (χ2v) is 4.63. The number of aryl methyl sites for hydroxylation is 1. The molecule has 0 spiro atoms. The Morgan fingerprint density at radius 1 is 1.35 bits per heavy atom. The van der Waals surface area contributed by atoms with E-state index in [1.807, 2.05) is 24.3 Å². The van der Waals surface area contributed by atoms with Crippen LogP contribution in [0.3, 0.4) is 0 Å². The van der Waals surface area contributed by atoms with Crippen LogP contribution in [0, 0.1) is 0 Å². The first kappa shape index (κ1) is 11.7. The highest BCUT2D eigenvalue weighted by Crippen LogP contribution is 2.29. The molecule has 86 valence electrons. The Morgan fingerprint density at radius 2 is 2.06 bits per heavy atom. The van der Waals surface area contributed by atoms with Crippen molar-refractivity contribution in [2.45, 2.75) is 9.79 Å². The highest BCUT2D eigenvalue weighted by Gasteiger charge is 2.08. The Bertz CT molecular complexity index is 543. The summed E-state index contributed by atoms with van der Waals surface area (Å²) in [6, 6.07) is 7.99. The molecule has 0 fully saturated rings. The summed E-state index contributed by atoms with van der Waals surface area (Å²) in [6.45, 7) is 3.71. The number of carbonyl (C=O) groups excluding carboxylic acids is 1. The van der Waals surface area contributed by atoms with E-state index in [9.17, 15) is 4.79 Å². The molecule has 0 bridgehead atoms. The summed E-state index contributed by atoms with van der Waals surface area (Å²) in [5, 5.41) is 4.07. The molecule has 0 saturated carbocycles. The number of carbonyl (C=O) groups is 1. The van der Waals surface area contributed by atoms with Crippen molar-refractivity contribution in [3.05, 3.63) is 48.3 Å². The number of aldehydes is 1. The van der Waals surface area contributed by atoms with Gasteiger partial charge in [-0.05, 0) is 17.7 Å². The minimum Gasteiger partial charge on any atom is -0.296 e. The number of benzene rings is 1. The molecule has 0 aliphatic heterocycles. The molecule has 0 N–H and O–H groups in total. The van der Waals surface area contributed by atoms with Crippen molar-refractivity contribution in [2.24, 2.45) is 7.05 Å². The van der Waals surface area contributed by atoms with Crippen molar-refractivity contribution >= 4 is 24.1 Å². The Balaban J connectivity index is 2.24. The van der Waals surface area contributed by atoms with E-state index < -0.39 is 0 Å². The Hall–Kier alpha value is -1.81. The van der Waals surface area contributed by atoms with Gasteiger partial charge >= 0.3 is 0 Å². The largest absolute Gasteiger partial charge is 0.296 e. The van der Waals surface area contributed by atoms with Crippen molar-refractivity contribution in [3.8, 4) is 0 Å². The lowest BCUT2D eigenvalue weighted by Gasteiger charge is -2.01. The van der Waals surface area contributed by atoms with Crippen molar-refractivity contribution in [1.82, 2.24) is 9.78 Å². The van der Waals surface area contributed by atoms with Crippen LogP contribution in [0.5, 0.6) is 0 Å². The van der Waals surface area contributed by atoms with Gasteiger partial charge in [0.2, 0.25) is 0 Å². The van der Waals surface area contributed by atoms with Crippen molar-refractivity contribution in [3.63, 3.8) is 0 Å². The molecule has 0 radical (unpaired) electrons. The van der Waals surface area contributed by atoms with Crippen LogP contribution < -0.4 is 0 Å². The van der Waals surface area contributed by atoms with E-state index in [4.69, 9.17) is 0 Å². The van der Waals surface area contributed by atoms with Crippen LogP contribution >= 0.6 is 11.8 Å². The normalized spacial score (nSPS) is 10.2. The van der Waals surface area contributed by atoms with Crippen LogP contribution in [0.2, 0.25) is 0 Å². The van der Waals surface area contributed by atoms with E-state index in [2.05, 4.69) is 11.7 Å². The van der Waals surface area contributed by atoms with Gasteiger partial charge in [0.15, 0.2) is 6.29 Å². The van der Waals surface area contributed by atoms with Crippen LogP contribution in [-0.4, -0.2) is 16.1 Å². The molecule has 1 heterocycles. The van der Waals surface area contributed by atoms with Gasteiger partial charge in [-0.15, -0.1) is 0 Å². The van der Waals surface area contributed by atoms with Crippen LogP contribution in [-0.2, 0) is 7.05 Å². The Kier molecular flexibility index (Phi) is 3.44. The third-order valence-electron chi connectivity index (χ3n) is 2.40. The maximum Gasteiger partial charge on any atom is 0.169 e. The van der Waals surface area contributed by atoms with Gasteiger partial charge in [-0.3, -0.25) is 9.48 Å². The maximum absolute atomic E-state index is 10.9. The molecule has 1 aromatic heterocycles. The summed E-state index contributed by atoms with van der Waals surface area (Å²) in [4.78, 5) is 12.9. The lowest BCUT2D eigenvalue weighted by atomic mass is 10.2. The second-order valence-electron chi connectivity index (χ2n) is 3.51. The second kappa shape index (κ2) is 5.01. The summed E-state index contributed by atoms with van der Waals surface area (Å²) < 4.78 is 1.58. The van der Waals surface area contributed by atoms with Gasteiger partial charge in [0.25, 0.3) is 0 Å². The molecule has 17 heavy (non-hydrogen) atoms. The highest BCUT2D eigenvalue weighted by molar-refractivity contribution is 7.99. The van der Waals surface area contributed by atoms with E-state index in [1.54, 1.807) is 24.0 Å². The molecule has 0 aliphatic rings. The van der Waals surface area contributed by atoms with Crippen molar-refractivity contribution < 1.29 is 4.79 Å². The van der Waals surface area contributed by atoms with E-state index in [0.717, 1.165) is 21.6 Å². The van der Waals surface area contributed by atoms with Gasteiger partial charge in [0.05, 0.1) is 11.1 Å². The molecule has 0 saturated heterocycles. The lowest BCUT2D eigenvalue weighted by Crippen LogP contribution is -1.96. The average molecular weight is 244 g/mol. The zero-order valence-electron chi connectivity index (χ0n) is 9.46. The number of nitrogens with zero attached hydrogens (tertiary/aromatic N) is 2. The number of rotatable bonds is 4. The topological polar surface area (TPSA) is 34.9 Å². The zero-order valence-corrected chi connectivity index (χ0v) is 10.3. The van der Waals surface area contributed by atoms with Gasteiger partial charge in [-0.1, -0.05) is 36.5 Å². The fourth-order valence-corrected chi connectivity index (χ4v) is 2.35. The first-order chi connectivity index (χ1) is 8.24. The standard InChI is InChI=1S/C13H12N2OS/c1-3-10-4-6-11(7-5-10)17-13-8-14-15(2)12(13)9-16/h3-9H,1H2,2H3. The average Bonchev–Trinajstić information content (AvgIpc) is 2.71. The monoisotopic (exact) mass is 244 g/mol. The quantitative estimate of drug-likeness (QED) is 0.775. The highest BCUT2D eigenvalue weighted by atomic mass is 32.2. The van der Waals surface area contributed by atoms with E-state index in [-0.39, 0.29) is 0 Å². The van der Waals surface area contributed by atoms with Gasteiger partial charge in [0.1, 0.15) is 5.69 Å². The summed E-state index contributed by atoms with van der Waals surface area (Å²) in [5.74, 6) is 0. The third kappa shape index (κ3) is 2.47. The summed E-state index contributed by atoms with van der Waals surface area (Å²) >= 11 is 1.53. The van der Waals surface area contributed by atoms with Crippen molar-refractivity contribution in [2.75, 3.05) is 0 Å². The molecule has 1 aromatic carbocycles.